The van der Waals surface area contributed by atoms with Crippen molar-refractivity contribution in [3.8, 4) is 11.5 Å². The van der Waals surface area contributed by atoms with Crippen molar-refractivity contribution in [2.24, 2.45) is 5.73 Å². The summed E-state index contributed by atoms with van der Waals surface area (Å²) in [7, 11) is 3.30. The average molecular weight is 210 g/mol. The first kappa shape index (κ1) is 11.7. The Labute approximate surface area is 90.4 Å². The maximum atomic E-state index is 5.43. The standard InChI is InChI=1S/C11H18N2O2/c1-8-6-11(15-3)9(13-5-4-12)7-10(8)14-2/h6-7,13H,4-5,12H2,1-3H3. The lowest BCUT2D eigenvalue weighted by Gasteiger charge is -2.14. The second-order valence-corrected chi connectivity index (χ2v) is 3.24. The van der Waals surface area contributed by atoms with Crippen LogP contribution in [0.4, 0.5) is 5.69 Å². The topological polar surface area (TPSA) is 56.5 Å². The molecule has 0 unspecified atom stereocenters. The molecule has 1 aromatic carbocycles. The van der Waals surface area contributed by atoms with Crippen LogP contribution in [0.5, 0.6) is 11.5 Å². The minimum Gasteiger partial charge on any atom is -0.496 e. The summed E-state index contributed by atoms with van der Waals surface area (Å²) in [5.41, 5.74) is 7.39. The van der Waals surface area contributed by atoms with Crippen molar-refractivity contribution in [1.82, 2.24) is 0 Å². The van der Waals surface area contributed by atoms with Gasteiger partial charge in [-0.25, -0.2) is 0 Å². The predicted molar refractivity (Wildman–Crippen MR) is 61.8 cm³/mol. The van der Waals surface area contributed by atoms with E-state index in [9.17, 15) is 0 Å². The molecule has 0 aliphatic carbocycles. The summed E-state index contributed by atoms with van der Waals surface area (Å²) in [5, 5.41) is 3.19. The Hall–Kier alpha value is -1.42. The van der Waals surface area contributed by atoms with E-state index in [1.807, 2.05) is 19.1 Å². The fourth-order valence-corrected chi connectivity index (χ4v) is 1.40. The Morgan fingerprint density at radius 2 is 1.87 bits per heavy atom. The second kappa shape index (κ2) is 5.46. The summed E-state index contributed by atoms with van der Waals surface area (Å²) in [6, 6.07) is 3.86. The summed E-state index contributed by atoms with van der Waals surface area (Å²) in [6.07, 6.45) is 0. The van der Waals surface area contributed by atoms with Gasteiger partial charge in [0, 0.05) is 19.2 Å². The minimum absolute atomic E-state index is 0.583. The zero-order valence-corrected chi connectivity index (χ0v) is 9.46. The molecular formula is C11H18N2O2. The maximum absolute atomic E-state index is 5.43. The molecule has 0 aliphatic rings. The molecule has 4 heteroatoms. The number of nitrogens with two attached hydrogens (primary N) is 1. The van der Waals surface area contributed by atoms with E-state index in [1.54, 1.807) is 14.2 Å². The molecular weight excluding hydrogens is 192 g/mol. The van der Waals surface area contributed by atoms with Gasteiger partial charge in [0.1, 0.15) is 11.5 Å². The molecule has 0 aromatic heterocycles. The van der Waals surface area contributed by atoms with Crippen LogP contribution in [0.1, 0.15) is 5.56 Å². The lowest BCUT2D eigenvalue weighted by molar-refractivity contribution is 0.402. The summed E-state index contributed by atoms with van der Waals surface area (Å²) in [6.45, 7) is 3.27. The molecule has 0 spiro atoms. The Morgan fingerprint density at radius 1 is 1.20 bits per heavy atom. The highest BCUT2D eigenvalue weighted by atomic mass is 16.5. The van der Waals surface area contributed by atoms with Crippen molar-refractivity contribution in [3.05, 3.63) is 17.7 Å². The molecule has 0 atom stereocenters. The summed E-state index contributed by atoms with van der Waals surface area (Å²) in [5.74, 6) is 1.65. The highest BCUT2D eigenvalue weighted by Gasteiger charge is 2.07. The van der Waals surface area contributed by atoms with Crippen LogP contribution in [0.2, 0.25) is 0 Å². The first-order valence-electron chi connectivity index (χ1n) is 4.89. The number of rotatable bonds is 5. The molecule has 0 fully saturated rings. The number of benzene rings is 1. The number of hydrogen-bond acceptors (Lipinski definition) is 4. The zero-order chi connectivity index (χ0) is 11.3. The van der Waals surface area contributed by atoms with Crippen LogP contribution in [0.15, 0.2) is 12.1 Å². The van der Waals surface area contributed by atoms with Crippen LogP contribution in [0.3, 0.4) is 0 Å². The molecule has 4 nitrogen and oxygen atoms in total. The van der Waals surface area contributed by atoms with Gasteiger partial charge in [0.2, 0.25) is 0 Å². The van der Waals surface area contributed by atoms with E-state index in [4.69, 9.17) is 15.2 Å². The SMILES string of the molecule is COc1cc(NCCN)c(OC)cc1C. The van der Waals surface area contributed by atoms with Crippen LogP contribution < -0.4 is 20.5 Å². The molecule has 0 bridgehead atoms. The Kier molecular flexibility index (Phi) is 4.24. The Balaban J connectivity index is 2.99. The molecule has 0 saturated heterocycles. The van der Waals surface area contributed by atoms with Crippen molar-refractivity contribution in [1.29, 1.82) is 0 Å². The molecule has 1 rings (SSSR count). The van der Waals surface area contributed by atoms with Gasteiger partial charge in [0.05, 0.1) is 19.9 Å². The number of ether oxygens (including phenoxy) is 2. The quantitative estimate of drug-likeness (QED) is 0.771. The second-order valence-electron chi connectivity index (χ2n) is 3.24. The molecule has 0 radical (unpaired) electrons. The fraction of sp³-hybridized carbons (Fsp3) is 0.455. The smallest absolute Gasteiger partial charge is 0.142 e. The minimum atomic E-state index is 0.583. The van der Waals surface area contributed by atoms with Crippen LogP contribution in [0, 0.1) is 6.92 Å². The molecule has 0 saturated carbocycles. The number of methoxy groups -OCH3 is 2. The van der Waals surface area contributed by atoms with E-state index >= 15 is 0 Å². The van der Waals surface area contributed by atoms with Crippen molar-refractivity contribution < 1.29 is 9.47 Å². The van der Waals surface area contributed by atoms with Crippen LogP contribution in [-0.4, -0.2) is 27.3 Å². The van der Waals surface area contributed by atoms with Crippen molar-refractivity contribution in [2.45, 2.75) is 6.92 Å². The summed E-state index contributed by atoms with van der Waals surface area (Å²) in [4.78, 5) is 0. The average Bonchev–Trinajstić information content (AvgIpc) is 2.26. The highest BCUT2D eigenvalue weighted by molar-refractivity contribution is 5.62. The number of nitrogens with one attached hydrogen (secondary N) is 1. The number of aryl methyl sites for hydroxylation is 1. The van der Waals surface area contributed by atoms with Gasteiger partial charge < -0.3 is 20.5 Å². The van der Waals surface area contributed by atoms with Gasteiger partial charge in [-0.1, -0.05) is 0 Å². The number of hydrogen-bond donors (Lipinski definition) is 2. The zero-order valence-electron chi connectivity index (χ0n) is 9.46. The highest BCUT2D eigenvalue weighted by Crippen LogP contribution is 2.32. The molecule has 1 aromatic rings. The number of anilines is 1. The third-order valence-electron chi connectivity index (χ3n) is 2.18. The Morgan fingerprint density at radius 3 is 2.40 bits per heavy atom. The molecule has 0 aliphatic heterocycles. The van der Waals surface area contributed by atoms with Gasteiger partial charge >= 0.3 is 0 Å². The first-order chi connectivity index (χ1) is 7.22. The molecule has 0 heterocycles. The molecule has 84 valence electrons. The predicted octanol–water partition coefficient (Wildman–Crippen LogP) is 1.38. The van der Waals surface area contributed by atoms with Gasteiger partial charge in [0.15, 0.2) is 0 Å². The summed E-state index contributed by atoms with van der Waals surface area (Å²) >= 11 is 0. The van der Waals surface area contributed by atoms with Gasteiger partial charge in [-0.15, -0.1) is 0 Å². The van der Waals surface area contributed by atoms with Gasteiger partial charge in [0.25, 0.3) is 0 Å². The van der Waals surface area contributed by atoms with Gasteiger partial charge in [-0.2, -0.15) is 0 Å². The normalized spacial score (nSPS) is 9.87. The van der Waals surface area contributed by atoms with Crippen molar-refractivity contribution in [3.63, 3.8) is 0 Å². The third-order valence-corrected chi connectivity index (χ3v) is 2.18. The van der Waals surface area contributed by atoms with E-state index in [0.717, 1.165) is 22.7 Å². The van der Waals surface area contributed by atoms with E-state index in [2.05, 4.69) is 5.32 Å². The van der Waals surface area contributed by atoms with Gasteiger partial charge in [-0.3, -0.25) is 0 Å². The molecule has 15 heavy (non-hydrogen) atoms. The van der Waals surface area contributed by atoms with Gasteiger partial charge in [-0.05, 0) is 18.6 Å². The summed E-state index contributed by atoms with van der Waals surface area (Å²) < 4.78 is 10.5. The fourth-order valence-electron chi connectivity index (χ4n) is 1.40. The molecule has 3 N–H and O–H groups in total. The largest absolute Gasteiger partial charge is 0.496 e. The van der Waals surface area contributed by atoms with E-state index < -0.39 is 0 Å². The van der Waals surface area contributed by atoms with Crippen molar-refractivity contribution in [2.75, 3.05) is 32.6 Å². The van der Waals surface area contributed by atoms with Crippen LogP contribution in [-0.2, 0) is 0 Å². The van der Waals surface area contributed by atoms with Crippen LogP contribution in [0.25, 0.3) is 0 Å². The van der Waals surface area contributed by atoms with E-state index in [1.165, 1.54) is 0 Å². The first-order valence-corrected chi connectivity index (χ1v) is 4.89. The van der Waals surface area contributed by atoms with E-state index in [0.29, 0.717) is 13.1 Å². The Bertz CT molecular complexity index is 327. The monoisotopic (exact) mass is 210 g/mol. The third kappa shape index (κ3) is 2.76. The van der Waals surface area contributed by atoms with Crippen LogP contribution >= 0.6 is 0 Å². The van der Waals surface area contributed by atoms with Crippen molar-refractivity contribution >= 4 is 5.69 Å². The lowest BCUT2D eigenvalue weighted by atomic mass is 10.2. The molecule has 0 amide bonds. The lowest BCUT2D eigenvalue weighted by Crippen LogP contribution is -2.13. The van der Waals surface area contributed by atoms with E-state index in [-0.39, 0.29) is 0 Å². The maximum Gasteiger partial charge on any atom is 0.142 e.